The third-order valence-corrected chi connectivity index (χ3v) is 2.97. The molecule has 1 amide bonds. The van der Waals surface area contributed by atoms with Crippen LogP contribution in [0.4, 0.5) is 10.1 Å². The minimum absolute atomic E-state index is 0.0206. The van der Waals surface area contributed by atoms with Crippen LogP contribution >= 0.6 is 0 Å². The molecule has 1 aromatic heterocycles. The lowest BCUT2D eigenvalue weighted by molar-refractivity contribution is 0.102. The minimum atomic E-state index is -0.572. The second-order valence-electron chi connectivity index (χ2n) is 4.61. The highest BCUT2D eigenvalue weighted by molar-refractivity contribution is 6.04. The average molecular weight is 309 g/mol. The first kappa shape index (κ1) is 14.6. The van der Waals surface area contributed by atoms with Crippen molar-refractivity contribution in [3.8, 4) is 11.6 Å². The molecule has 0 bridgehead atoms. The van der Waals surface area contributed by atoms with E-state index in [0.717, 1.165) is 0 Å². The van der Waals surface area contributed by atoms with Crippen molar-refractivity contribution in [2.75, 3.05) is 5.32 Å². The summed E-state index contributed by atoms with van der Waals surface area (Å²) in [4.78, 5) is 20.0. The molecule has 0 unspecified atom stereocenters. The Kier molecular flexibility index (Phi) is 4.24. The summed E-state index contributed by atoms with van der Waals surface area (Å²) in [5.41, 5.74) is 0.465. The SMILES string of the molecule is O=C(Nc1cccc(Oc2cnccn2)c1)c1ccccc1F. The van der Waals surface area contributed by atoms with E-state index in [1.807, 2.05) is 0 Å². The number of hydrogen-bond acceptors (Lipinski definition) is 4. The molecule has 2 aromatic carbocycles. The normalized spacial score (nSPS) is 10.1. The van der Waals surface area contributed by atoms with Gasteiger partial charge in [0.1, 0.15) is 11.6 Å². The third-order valence-electron chi connectivity index (χ3n) is 2.97. The zero-order valence-corrected chi connectivity index (χ0v) is 11.9. The van der Waals surface area contributed by atoms with Crippen LogP contribution in [-0.2, 0) is 0 Å². The van der Waals surface area contributed by atoms with Crippen molar-refractivity contribution in [2.45, 2.75) is 0 Å². The van der Waals surface area contributed by atoms with Crippen molar-refractivity contribution < 1.29 is 13.9 Å². The lowest BCUT2D eigenvalue weighted by Crippen LogP contribution is -2.13. The molecule has 0 spiro atoms. The third kappa shape index (κ3) is 3.68. The van der Waals surface area contributed by atoms with Crippen LogP contribution in [-0.4, -0.2) is 15.9 Å². The van der Waals surface area contributed by atoms with E-state index >= 15 is 0 Å². The summed E-state index contributed by atoms with van der Waals surface area (Å²) in [6.45, 7) is 0. The van der Waals surface area contributed by atoms with Gasteiger partial charge in [0.2, 0.25) is 5.88 Å². The van der Waals surface area contributed by atoms with E-state index in [9.17, 15) is 9.18 Å². The van der Waals surface area contributed by atoms with Crippen molar-refractivity contribution in [2.24, 2.45) is 0 Å². The van der Waals surface area contributed by atoms with E-state index < -0.39 is 11.7 Å². The van der Waals surface area contributed by atoms with Gasteiger partial charge in [-0.3, -0.25) is 9.78 Å². The molecule has 1 N–H and O–H groups in total. The van der Waals surface area contributed by atoms with Crippen LogP contribution < -0.4 is 10.1 Å². The molecule has 0 aliphatic carbocycles. The molecular formula is C17H12FN3O2. The van der Waals surface area contributed by atoms with E-state index in [1.54, 1.807) is 30.3 Å². The number of aromatic nitrogens is 2. The summed E-state index contributed by atoms with van der Waals surface area (Å²) in [6, 6.07) is 12.5. The number of amides is 1. The van der Waals surface area contributed by atoms with Gasteiger partial charge in [0.25, 0.3) is 5.91 Å². The van der Waals surface area contributed by atoms with Crippen LogP contribution in [0.1, 0.15) is 10.4 Å². The first-order valence-corrected chi connectivity index (χ1v) is 6.82. The predicted octanol–water partition coefficient (Wildman–Crippen LogP) is 3.66. The van der Waals surface area contributed by atoms with Crippen molar-refractivity contribution in [1.29, 1.82) is 0 Å². The van der Waals surface area contributed by atoms with Gasteiger partial charge in [-0.2, -0.15) is 0 Å². The number of ether oxygens (including phenoxy) is 1. The smallest absolute Gasteiger partial charge is 0.258 e. The van der Waals surface area contributed by atoms with E-state index in [0.29, 0.717) is 17.3 Å². The lowest BCUT2D eigenvalue weighted by Gasteiger charge is -2.08. The van der Waals surface area contributed by atoms with E-state index in [4.69, 9.17) is 4.74 Å². The van der Waals surface area contributed by atoms with Gasteiger partial charge in [0.15, 0.2) is 0 Å². The van der Waals surface area contributed by atoms with Crippen molar-refractivity contribution in [3.63, 3.8) is 0 Å². The molecule has 0 fully saturated rings. The standard InChI is InChI=1S/C17H12FN3O2/c18-15-7-2-1-6-14(15)17(22)21-12-4-3-5-13(10-12)23-16-11-19-8-9-20-16/h1-11H,(H,21,22). The summed E-state index contributed by atoms with van der Waals surface area (Å²) in [7, 11) is 0. The Hall–Kier alpha value is -3.28. The second kappa shape index (κ2) is 6.65. The van der Waals surface area contributed by atoms with Gasteiger partial charge < -0.3 is 10.1 Å². The summed E-state index contributed by atoms with van der Waals surface area (Å²) in [5.74, 6) is -0.279. The molecule has 6 heteroatoms. The maximum absolute atomic E-state index is 13.6. The molecule has 0 saturated carbocycles. The predicted molar refractivity (Wildman–Crippen MR) is 82.9 cm³/mol. The van der Waals surface area contributed by atoms with Gasteiger partial charge in [-0.1, -0.05) is 18.2 Å². The summed E-state index contributed by atoms with van der Waals surface area (Å²) < 4.78 is 19.1. The summed E-state index contributed by atoms with van der Waals surface area (Å²) in [6.07, 6.45) is 4.53. The molecular weight excluding hydrogens is 297 g/mol. The van der Waals surface area contributed by atoms with Crippen LogP contribution in [0.15, 0.2) is 67.1 Å². The highest BCUT2D eigenvalue weighted by atomic mass is 19.1. The van der Waals surface area contributed by atoms with Crippen molar-refractivity contribution in [1.82, 2.24) is 9.97 Å². The Bertz CT molecular complexity index is 825. The Morgan fingerprint density at radius 3 is 2.74 bits per heavy atom. The zero-order chi connectivity index (χ0) is 16.1. The number of hydrogen-bond donors (Lipinski definition) is 1. The summed E-state index contributed by atoms with van der Waals surface area (Å²) >= 11 is 0. The molecule has 23 heavy (non-hydrogen) atoms. The minimum Gasteiger partial charge on any atom is -0.437 e. The number of carbonyl (C=O) groups excluding carboxylic acids is 1. The fourth-order valence-electron chi connectivity index (χ4n) is 1.94. The van der Waals surface area contributed by atoms with Gasteiger partial charge in [-0.15, -0.1) is 0 Å². The molecule has 0 aliphatic rings. The number of rotatable bonds is 4. The highest BCUT2D eigenvalue weighted by Gasteiger charge is 2.11. The number of anilines is 1. The Morgan fingerprint density at radius 2 is 1.96 bits per heavy atom. The zero-order valence-electron chi connectivity index (χ0n) is 11.9. The average Bonchev–Trinajstić information content (AvgIpc) is 2.56. The number of halogens is 1. The van der Waals surface area contributed by atoms with Gasteiger partial charge in [-0.05, 0) is 24.3 Å². The molecule has 0 radical (unpaired) electrons. The van der Waals surface area contributed by atoms with E-state index in [-0.39, 0.29) is 5.56 Å². The topological polar surface area (TPSA) is 64.1 Å². The van der Waals surface area contributed by atoms with Crippen LogP contribution in [0.25, 0.3) is 0 Å². The maximum atomic E-state index is 13.6. The molecule has 5 nitrogen and oxygen atoms in total. The Morgan fingerprint density at radius 1 is 1.09 bits per heavy atom. The molecule has 3 aromatic rings. The van der Waals surface area contributed by atoms with Crippen molar-refractivity contribution >= 4 is 11.6 Å². The first-order chi connectivity index (χ1) is 11.2. The van der Waals surface area contributed by atoms with Gasteiger partial charge in [0.05, 0.1) is 11.8 Å². The molecule has 114 valence electrons. The first-order valence-electron chi connectivity index (χ1n) is 6.82. The number of benzene rings is 2. The van der Waals surface area contributed by atoms with E-state index in [2.05, 4.69) is 15.3 Å². The highest BCUT2D eigenvalue weighted by Crippen LogP contribution is 2.22. The molecule has 3 rings (SSSR count). The number of carbonyl (C=O) groups is 1. The van der Waals surface area contributed by atoms with Crippen LogP contribution in [0, 0.1) is 5.82 Å². The number of nitrogens with one attached hydrogen (secondary N) is 1. The monoisotopic (exact) mass is 309 g/mol. The Balaban J connectivity index is 1.75. The van der Waals surface area contributed by atoms with E-state index in [1.165, 1.54) is 36.8 Å². The molecule has 0 saturated heterocycles. The molecule has 1 heterocycles. The quantitative estimate of drug-likeness (QED) is 0.799. The molecule has 0 atom stereocenters. The van der Waals surface area contributed by atoms with Crippen LogP contribution in [0.5, 0.6) is 11.6 Å². The molecule has 0 aliphatic heterocycles. The number of nitrogens with zero attached hydrogens (tertiary/aromatic N) is 2. The Labute approximate surface area is 131 Å². The van der Waals surface area contributed by atoms with Gasteiger partial charge in [0, 0.05) is 24.1 Å². The van der Waals surface area contributed by atoms with Crippen molar-refractivity contribution in [3.05, 3.63) is 78.5 Å². The van der Waals surface area contributed by atoms with Gasteiger partial charge in [-0.25, -0.2) is 9.37 Å². The van der Waals surface area contributed by atoms with Crippen LogP contribution in [0.2, 0.25) is 0 Å². The second-order valence-corrected chi connectivity index (χ2v) is 4.61. The fraction of sp³-hybridized carbons (Fsp3) is 0. The summed E-state index contributed by atoms with van der Waals surface area (Å²) in [5, 5.41) is 2.63. The van der Waals surface area contributed by atoms with Crippen LogP contribution in [0.3, 0.4) is 0 Å². The lowest BCUT2D eigenvalue weighted by atomic mass is 10.2. The van der Waals surface area contributed by atoms with Gasteiger partial charge >= 0.3 is 0 Å². The maximum Gasteiger partial charge on any atom is 0.258 e. The fourth-order valence-corrected chi connectivity index (χ4v) is 1.94. The largest absolute Gasteiger partial charge is 0.437 e.